The van der Waals surface area contributed by atoms with Gasteiger partial charge in [-0.1, -0.05) is 0 Å². The van der Waals surface area contributed by atoms with Crippen molar-refractivity contribution in [3.05, 3.63) is 24.2 Å². The number of piperidine rings is 1. The van der Waals surface area contributed by atoms with Crippen molar-refractivity contribution in [3.8, 4) is 0 Å². The first-order chi connectivity index (χ1) is 11.7. The zero-order valence-corrected chi connectivity index (χ0v) is 14.4. The lowest BCUT2D eigenvalue weighted by molar-refractivity contribution is -0.119. The molecule has 0 saturated carbocycles. The molecule has 3 N–H and O–H groups in total. The number of nitrogens with zero attached hydrogens (tertiary/aromatic N) is 2. The van der Waals surface area contributed by atoms with Gasteiger partial charge in [-0.25, -0.2) is 0 Å². The van der Waals surface area contributed by atoms with E-state index in [1.807, 2.05) is 12.1 Å². The van der Waals surface area contributed by atoms with E-state index in [2.05, 4.69) is 15.2 Å². The zero-order valence-electron chi connectivity index (χ0n) is 14.4. The molecule has 1 amide bonds. The molecule has 0 aromatic carbocycles. The van der Waals surface area contributed by atoms with E-state index in [0.717, 1.165) is 50.6 Å². The average Bonchev–Trinajstić information content (AvgIpc) is 3.06. The van der Waals surface area contributed by atoms with Gasteiger partial charge in [-0.05, 0) is 30.9 Å². The van der Waals surface area contributed by atoms with Crippen LogP contribution in [0.5, 0.6) is 0 Å². The third-order valence-corrected chi connectivity index (χ3v) is 4.10. The number of carbonyl (C=O) groups excluding carboxylic acids is 1. The third kappa shape index (κ3) is 6.23. The highest BCUT2D eigenvalue weighted by molar-refractivity contribution is 5.80. The number of primary amides is 1. The number of furan rings is 1. The number of methoxy groups -OCH3 is 1. The van der Waals surface area contributed by atoms with E-state index in [0.29, 0.717) is 25.5 Å². The van der Waals surface area contributed by atoms with Gasteiger partial charge in [0, 0.05) is 39.6 Å². The number of hydrogen-bond acceptors (Lipinski definition) is 4. The smallest absolute Gasteiger partial charge is 0.217 e. The van der Waals surface area contributed by atoms with Crippen LogP contribution in [0.25, 0.3) is 0 Å². The Labute approximate surface area is 143 Å². The van der Waals surface area contributed by atoms with Crippen molar-refractivity contribution in [2.75, 3.05) is 39.9 Å². The Kier molecular flexibility index (Phi) is 7.61. The molecule has 1 aromatic rings. The van der Waals surface area contributed by atoms with Gasteiger partial charge in [0.25, 0.3) is 0 Å². The summed E-state index contributed by atoms with van der Waals surface area (Å²) in [5, 5.41) is 3.40. The fraction of sp³-hybridized carbons (Fsp3) is 0.647. The summed E-state index contributed by atoms with van der Waals surface area (Å²) < 4.78 is 10.4. The number of ether oxygens (including phenoxy) is 1. The van der Waals surface area contributed by atoms with Crippen LogP contribution in [0.1, 0.15) is 25.0 Å². The minimum Gasteiger partial charge on any atom is -0.469 e. The molecule has 1 aromatic heterocycles. The minimum atomic E-state index is -0.231. The van der Waals surface area contributed by atoms with Crippen molar-refractivity contribution in [1.29, 1.82) is 0 Å². The third-order valence-electron chi connectivity index (χ3n) is 4.10. The van der Waals surface area contributed by atoms with Gasteiger partial charge in [0.15, 0.2) is 5.96 Å². The number of guanidine groups is 1. The summed E-state index contributed by atoms with van der Waals surface area (Å²) in [6.07, 6.45) is 5.00. The second-order valence-electron chi connectivity index (χ2n) is 6.08. The summed E-state index contributed by atoms with van der Waals surface area (Å²) in [6.45, 7) is 3.69. The number of rotatable bonds is 8. The highest BCUT2D eigenvalue weighted by Gasteiger charge is 2.23. The lowest BCUT2D eigenvalue weighted by Crippen LogP contribution is -2.47. The van der Waals surface area contributed by atoms with Crippen LogP contribution < -0.4 is 11.1 Å². The number of carbonyl (C=O) groups is 1. The Morgan fingerprint density at radius 1 is 1.58 bits per heavy atom. The molecule has 7 nitrogen and oxygen atoms in total. The van der Waals surface area contributed by atoms with Crippen molar-refractivity contribution in [3.63, 3.8) is 0 Å². The molecular weight excluding hydrogens is 308 g/mol. The van der Waals surface area contributed by atoms with Crippen LogP contribution in [0, 0.1) is 5.92 Å². The molecule has 134 valence electrons. The van der Waals surface area contributed by atoms with Crippen molar-refractivity contribution in [2.45, 2.75) is 25.7 Å². The molecule has 0 radical (unpaired) electrons. The lowest BCUT2D eigenvalue weighted by atomic mass is 9.95. The summed E-state index contributed by atoms with van der Waals surface area (Å²) in [7, 11) is 1.67. The van der Waals surface area contributed by atoms with Crippen molar-refractivity contribution in [1.82, 2.24) is 10.2 Å². The fourth-order valence-corrected chi connectivity index (χ4v) is 2.97. The summed E-state index contributed by atoms with van der Waals surface area (Å²) in [5.74, 6) is 1.89. The number of hydrogen-bond donors (Lipinski definition) is 2. The molecule has 0 aliphatic carbocycles. The van der Waals surface area contributed by atoms with E-state index in [-0.39, 0.29) is 5.91 Å². The highest BCUT2D eigenvalue weighted by atomic mass is 16.5. The summed E-state index contributed by atoms with van der Waals surface area (Å²) in [6, 6.07) is 3.86. The van der Waals surface area contributed by atoms with Gasteiger partial charge in [-0.2, -0.15) is 0 Å². The fourth-order valence-electron chi connectivity index (χ4n) is 2.97. The van der Waals surface area contributed by atoms with Gasteiger partial charge < -0.3 is 25.1 Å². The second-order valence-corrected chi connectivity index (χ2v) is 6.08. The summed E-state index contributed by atoms with van der Waals surface area (Å²) in [4.78, 5) is 18.0. The predicted octanol–water partition coefficient (Wildman–Crippen LogP) is 1.00. The molecule has 1 fully saturated rings. The largest absolute Gasteiger partial charge is 0.469 e. The number of nitrogens with two attached hydrogens (primary N) is 1. The van der Waals surface area contributed by atoms with Crippen LogP contribution in [0.15, 0.2) is 27.8 Å². The quantitative estimate of drug-likeness (QED) is 0.420. The molecule has 1 aliphatic heterocycles. The van der Waals surface area contributed by atoms with E-state index >= 15 is 0 Å². The van der Waals surface area contributed by atoms with Gasteiger partial charge in [0.1, 0.15) is 5.76 Å². The first-order valence-electron chi connectivity index (χ1n) is 8.52. The Morgan fingerprint density at radius 2 is 2.46 bits per heavy atom. The Balaban J connectivity index is 1.90. The molecule has 7 heteroatoms. The summed E-state index contributed by atoms with van der Waals surface area (Å²) >= 11 is 0. The first kappa shape index (κ1) is 18.3. The molecule has 0 spiro atoms. The SMILES string of the molecule is COCCN=C(NCCc1ccco1)N1CCCC(CC(N)=O)C1. The Hall–Kier alpha value is -2.02. The monoisotopic (exact) mass is 336 g/mol. The average molecular weight is 336 g/mol. The van der Waals surface area contributed by atoms with Crippen LogP contribution >= 0.6 is 0 Å². The molecule has 1 unspecified atom stereocenters. The lowest BCUT2D eigenvalue weighted by Gasteiger charge is -2.34. The first-order valence-corrected chi connectivity index (χ1v) is 8.52. The molecule has 24 heavy (non-hydrogen) atoms. The topological polar surface area (TPSA) is 93.1 Å². The molecule has 2 heterocycles. The molecule has 1 aliphatic rings. The van der Waals surface area contributed by atoms with E-state index in [1.165, 1.54) is 0 Å². The highest BCUT2D eigenvalue weighted by Crippen LogP contribution is 2.19. The zero-order chi connectivity index (χ0) is 17.2. The van der Waals surface area contributed by atoms with Gasteiger partial charge in [0.05, 0.1) is 19.4 Å². The van der Waals surface area contributed by atoms with Gasteiger partial charge >= 0.3 is 0 Å². The number of likely N-dealkylation sites (tertiary alicyclic amines) is 1. The molecule has 1 saturated heterocycles. The van der Waals surface area contributed by atoms with Crippen LogP contribution in [-0.4, -0.2) is 56.7 Å². The normalized spacial score (nSPS) is 18.6. The van der Waals surface area contributed by atoms with Crippen molar-refractivity contribution >= 4 is 11.9 Å². The number of amides is 1. The second kappa shape index (κ2) is 9.97. The van der Waals surface area contributed by atoms with E-state index in [1.54, 1.807) is 13.4 Å². The predicted molar refractivity (Wildman–Crippen MR) is 92.7 cm³/mol. The van der Waals surface area contributed by atoms with Gasteiger partial charge in [-0.15, -0.1) is 0 Å². The molecule has 2 rings (SSSR count). The minimum absolute atomic E-state index is 0.231. The maximum absolute atomic E-state index is 11.2. The van der Waals surface area contributed by atoms with Crippen LogP contribution in [0.4, 0.5) is 0 Å². The summed E-state index contributed by atoms with van der Waals surface area (Å²) in [5.41, 5.74) is 5.35. The Morgan fingerprint density at radius 3 is 3.17 bits per heavy atom. The van der Waals surface area contributed by atoms with E-state index < -0.39 is 0 Å². The van der Waals surface area contributed by atoms with E-state index in [4.69, 9.17) is 14.9 Å². The Bertz CT molecular complexity index is 516. The van der Waals surface area contributed by atoms with Gasteiger partial charge in [0.2, 0.25) is 5.91 Å². The molecule has 0 bridgehead atoms. The van der Waals surface area contributed by atoms with Crippen LogP contribution in [0.2, 0.25) is 0 Å². The maximum Gasteiger partial charge on any atom is 0.217 e. The number of nitrogens with one attached hydrogen (secondary N) is 1. The van der Waals surface area contributed by atoms with Crippen LogP contribution in [0.3, 0.4) is 0 Å². The van der Waals surface area contributed by atoms with Gasteiger partial charge in [-0.3, -0.25) is 9.79 Å². The van der Waals surface area contributed by atoms with Crippen LogP contribution in [-0.2, 0) is 16.0 Å². The van der Waals surface area contributed by atoms with Crippen molar-refractivity contribution in [2.24, 2.45) is 16.6 Å². The molecule has 1 atom stereocenters. The molecular formula is C17H28N4O3. The van der Waals surface area contributed by atoms with E-state index in [9.17, 15) is 4.79 Å². The number of aliphatic imine (C=N–C) groups is 1. The van der Waals surface area contributed by atoms with Crippen molar-refractivity contribution < 1.29 is 13.9 Å². The maximum atomic E-state index is 11.2. The standard InChI is InChI=1S/C17H28N4O3/c1-23-11-8-20-17(19-7-6-15-5-3-10-24-15)21-9-2-4-14(13-21)12-16(18)22/h3,5,10,14H,2,4,6-9,11-13H2,1H3,(H2,18,22)(H,19,20).